The molecule has 1 N–H and O–H groups in total. The van der Waals surface area contributed by atoms with Crippen molar-refractivity contribution in [1.29, 1.82) is 0 Å². The molecule has 7 heteroatoms. The van der Waals surface area contributed by atoms with Crippen molar-refractivity contribution >= 4 is 17.6 Å². The van der Waals surface area contributed by atoms with Crippen molar-refractivity contribution in [3.8, 4) is 5.75 Å². The number of benzene rings is 1. The van der Waals surface area contributed by atoms with Gasteiger partial charge in [-0.25, -0.2) is 9.78 Å². The van der Waals surface area contributed by atoms with Gasteiger partial charge in [0.2, 0.25) is 0 Å². The van der Waals surface area contributed by atoms with Gasteiger partial charge in [0.25, 0.3) is 5.91 Å². The molecular weight excluding hydrogens is 298 g/mol. The summed E-state index contributed by atoms with van der Waals surface area (Å²) in [6, 6.07) is 5.38. The highest BCUT2D eigenvalue weighted by molar-refractivity contribution is 5.95. The van der Waals surface area contributed by atoms with Gasteiger partial charge in [-0.15, -0.1) is 0 Å². The van der Waals surface area contributed by atoms with Crippen molar-refractivity contribution in [1.82, 2.24) is 9.97 Å². The molecule has 0 aliphatic rings. The number of carbonyl (C=O) groups excluding carboxylic acids is 2. The molecule has 1 amide bonds. The second-order valence-corrected chi connectivity index (χ2v) is 4.87. The van der Waals surface area contributed by atoms with E-state index in [4.69, 9.17) is 9.47 Å². The van der Waals surface area contributed by atoms with Crippen LogP contribution in [0.1, 0.15) is 21.7 Å². The molecule has 23 heavy (non-hydrogen) atoms. The minimum Gasteiger partial charge on any atom is -0.495 e. The molecule has 0 aliphatic carbocycles. The van der Waals surface area contributed by atoms with E-state index in [0.29, 0.717) is 17.1 Å². The quantitative estimate of drug-likeness (QED) is 0.847. The Labute approximate surface area is 133 Å². The lowest BCUT2D eigenvalue weighted by Gasteiger charge is -2.11. The molecule has 1 aromatic heterocycles. The van der Waals surface area contributed by atoms with Gasteiger partial charge in [-0.1, -0.05) is 6.07 Å². The van der Waals surface area contributed by atoms with Gasteiger partial charge in [-0.05, 0) is 31.5 Å². The lowest BCUT2D eigenvalue weighted by Crippen LogP contribution is -2.21. The fourth-order valence-electron chi connectivity index (χ4n) is 1.81. The number of carbonyl (C=O) groups is 2. The van der Waals surface area contributed by atoms with Gasteiger partial charge in [0.1, 0.15) is 5.75 Å². The highest BCUT2D eigenvalue weighted by Gasteiger charge is 2.13. The van der Waals surface area contributed by atoms with Crippen molar-refractivity contribution in [3.05, 3.63) is 47.5 Å². The fraction of sp³-hybridized carbons (Fsp3) is 0.250. The number of aromatic nitrogens is 2. The molecule has 0 spiro atoms. The number of nitrogens with one attached hydrogen (secondary N) is 1. The first kappa shape index (κ1) is 16.4. The highest BCUT2D eigenvalue weighted by atomic mass is 16.5. The van der Waals surface area contributed by atoms with E-state index in [0.717, 1.165) is 5.56 Å². The number of hydrogen-bond acceptors (Lipinski definition) is 6. The zero-order chi connectivity index (χ0) is 16.8. The molecule has 0 bridgehead atoms. The van der Waals surface area contributed by atoms with Crippen molar-refractivity contribution in [2.45, 2.75) is 13.8 Å². The third kappa shape index (κ3) is 4.50. The molecule has 0 aliphatic heterocycles. The van der Waals surface area contributed by atoms with Crippen LogP contribution in [0.2, 0.25) is 0 Å². The van der Waals surface area contributed by atoms with Crippen LogP contribution < -0.4 is 10.1 Å². The number of rotatable bonds is 5. The Morgan fingerprint density at radius 1 is 1.17 bits per heavy atom. The second-order valence-electron chi connectivity index (χ2n) is 4.87. The van der Waals surface area contributed by atoms with Crippen LogP contribution in [0.25, 0.3) is 0 Å². The lowest BCUT2D eigenvalue weighted by molar-refractivity contribution is -0.119. The molecule has 0 radical (unpaired) electrons. The monoisotopic (exact) mass is 315 g/mol. The van der Waals surface area contributed by atoms with Crippen molar-refractivity contribution in [3.63, 3.8) is 0 Å². The summed E-state index contributed by atoms with van der Waals surface area (Å²) in [6.45, 7) is 3.22. The molecule has 120 valence electrons. The Morgan fingerprint density at radius 2 is 1.96 bits per heavy atom. The van der Waals surface area contributed by atoms with E-state index in [1.54, 1.807) is 19.1 Å². The SMILES string of the molecule is COc1ccc(C)cc1NC(=O)COC(=O)c1cnc(C)cn1. The van der Waals surface area contributed by atoms with Crippen LogP contribution in [0.15, 0.2) is 30.6 Å². The van der Waals surface area contributed by atoms with Crippen LogP contribution in [0.5, 0.6) is 5.75 Å². The van der Waals surface area contributed by atoms with E-state index in [1.807, 2.05) is 13.0 Å². The summed E-state index contributed by atoms with van der Waals surface area (Å²) in [5.74, 6) is -0.647. The summed E-state index contributed by atoms with van der Waals surface area (Å²) in [5.41, 5.74) is 2.22. The van der Waals surface area contributed by atoms with Gasteiger partial charge in [0, 0.05) is 6.20 Å². The van der Waals surface area contributed by atoms with Crippen LogP contribution in [0, 0.1) is 13.8 Å². The summed E-state index contributed by atoms with van der Waals surface area (Å²) < 4.78 is 10.1. The predicted octanol–water partition coefficient (Wildman–Crippen LogP) is 1.90. The molecule has 1 aromatic carbocycles. The van der Waals surface area contributed by atoms with Gasteiger partial charge < -0.3 is 14.8 Å². The third-order valence-electron chi connectivity index (χ3n) is 2.95. The number of anilines is 1. The minimum atomic E-state index is -0.705. The summed E-state index contributed by atoms with van der Waals surface area (Å²) in [6.07, 6.45) is 2.76. The Balaban J connectivity index is 1.94. The lowest BCUT2D eigenvalue weighted by atomic mass is 10.2. The molecular formula is C16H17N3O4. The van der Waals surface area contributed by atoms with Gasteiger partial charge in [-0.3, -0.25) is 9.78 Å². The first-order chi connectivity index (χ1) is 11.0. The first-order valence-corrected chi connectivity index (χ1v) is 6.90. The van der Waals surface area contributed by atoms with Gasteiger partial charge in [-0.2, -0.15) is 0 Å². The number of ether oxygens (including phenoxy) is 2. The summed E-state index contributed by atoms with van der Waals surface area (Å²) in [5, 5.41) is 2.64. The van der Waals surface area contributed by atoms with E-state index in [1.165, 1.54) is 19.5 Å². The largest absolute Gasteiger partial charge is 0.495 e. The number of nitrogens with zero attached hydrogens (tertiary/aromatic N) is 2. The minimum absolute atomic E-state index is 0.0523. The number of aryl methyl sites for hydroxylation is 2. The molecule has 0 saturated carbocycles. The molecule has 1 heterocycles. The molecule has 0 saturated heterocycles. The predicted molar refractivity (Wildman–Crippen MR) is 83.4 cm³/mol. The van der Waals surface area contributed by atoms with Crippen molar-refractivity contribution in [2.75, 3.05) is 19.0 Å². The van der Waals surface area contributed by atoms with E-state index in [-0.39, 0.29) is 5.69 Å². The Hall–Kier alpha value is -2.96. The Kier molecular flexibility index (Phi) is 5.24. The van der Waals surface area contributed by atoms with Crippen molar-refractivity contribution < 1.29 is 19.1 Å². The Morgan fingerprint density at radius 3 is 2.61 bits per heavy atom. The van der Waals surface area contributed by atoms with Gasteiger partial charge in [0.05, 0.1) is 24.7 Å². The first-order valence-electron chi connectivity index (χ1n) is 6.90. The van der Waals surface area contributed by atoms with Crippen LogP contribution in [-0.2, 0) is 9.53 Å². The Bertz CT molecular complexity index is 714. The van der Waals surface area contributed by atoms with E-state index >= 15 is 0 Å². The highest BCUT2D eigenvalue weighted by Crippen LogP contribution is 2.24. The van der Waals surface area contributed by atoms with E-state index in [9.17, 15) is 9.59 Å². The van der Waals surface area contributed by atoms with Crippen LogP contribution >= 0.6 is 0 Å². The standard InChI is InChI=1S/C16H17N3O4/c1-10-4-5-14(22-3)12(6-10)19-15(20)9-23-16(21)13-8-17-11(2)7-18-13/h4-8H,9H2,1-3H3,(H,19,20). The third-order valence-corrected chi connectivity index (χ3v) is 2.95. The summed E-state index contributed by atoms with van der Waals surface area (Å²) >= 11 is 0. The van der Waals surface area contributed by atoms with Crippen molar-refractivity contribution in [2.24, 2.45) is 0 Å². The molecule has 7 nitrogen and oxygen atoms in total. The second kappa shape index (κ2) is 7.35. The maximum Gasteiger partial charge on any atom is 0.359 e. The maximum absolute atomic E-state index is 11.9. The summed E-state index contributed by atoms with van der Waals surface area (Å²) in [4.78, 5) is 31.5. The van der Waals surface area contributed by atoms with Crippen LogP contribution in [-0.4, -0.2) is 35.6 Å². The van der Waals surface area contributed by atoms with Crippen LogP contribution in [0.4, 0.5) is 5.69 Å². The van der Waals surface area contributed by atoms with Gasteiger partial charge in [0.15, 0.2) is 12.3 Å². The summed E-state index contributed by atoms with van der Waals surface area (Å²) in [7, 11) is 1.51. The van der Waals surface area contributed by atoms with Crippen LogP contribution in [0.3, 0.4) is 0 Å². The average molecular weight is 315 g/mol. The van der Waals surface area contributed by atoms with E-state index in [2.05, 4.69) is 15.3 Å². The fourth-order valence-corrected chi connectivity index (χ4v) is 1.81. The van der Waals surface area contributed by atoms with Gasteiger partial charge >= 0.3 is 5.97 Å². The number of esters is 1. The normalized spacial score (nSPS) is 10.0. The molecule has 0 unspecified atom stereocenters. The zero-order valence-corrected chi connectivity index (χ0v) is 13.1. The topological polar surface area (TPSA) is 90.4 Å². The number of methoxy groups -OCH3 is 1. The zero-order valence-electron chi connectivity index (χ0n) is 13.1. The smallest absolute Gasteiger partial charge is 0.359 e. The molecule has 2 aromatic rings. The molecule has 2 rings (SSSR count). The van der Waals surface area contributed by atoms with E-state index < -0.39 is 18.5 Å². The number of hydrogen-bond donors (Lipinski definition) is 1. The average Bonchev–Trinajstić information content (AvgIpc) is 2.53. The molecule has 0 atom stereocenters. The maximum atomic E-state index is 11.9. The molecule has 0 fully saturated rings. The number of amides is 1.